The van der Waals surface area contributed by atoms with Crippen molar-refractivity contribution in [2.24, 2.45) is 5.73 Å². The summed E-state index contributed by atoms with van der Waals surface area (Å²) in [5.74, 6) is 0.910. The summed E-state index contributed by atoms with van der Waals surface area (Å²) in [7, 11) is 0. The molecule has 19 heavy (non-hydrogen) atoms. The van der Waals surface area contributed by atoms with Crippen LogP contribution in [0.25, 0.3) is 0 Å². The average molecular weight is 279 g/mol. The molecular formula is C14H21N3OS. The van der Waals surface area contributed by atoms with Crippen LogP contribution in [0.1, 0.15) is 36.9 Å². The summed E-state index contributed by atoms with van der Waals surface area (Å²) in [6.07, 6.45) is 4.12. The van der Waals surface area contributed by atoms with Crippen molar-refractivity contribution >= 4 is 23.0 Å². The predicted octanol–water partition coefficient (Wildman–Crippen LogP) is 1.77. The van der Waals surface area contributed by atoms with Gasteiger partial charge >= 0.3 is 0 Å². The van der Waals surface area contributed by atoms with Crippen LogP contribution in [0, 0.1) is 6.92 Å². The Labute approximate surface area is 119 Å². The molecule has 0 aromatic carbocycles. The van der Waals surface area contributed by atoms with Gasteiger partial charge in [0, 0.05) is 24.9 Å². The lowest BCUT2D eigenvalue weighted by molar-refractivity contribution is 0.279. The summed E-state index contributed by atoms with van der Waals surface area (Å²) >= 11 is 5.13. The van der Waals surface area contributed by atoms with E-state index in [2.05, 4.69) is 9.88 Å². The van der Waals surface area contributed by atoms with Gasteiger partial charge in [-0.25, -0.2) is 4.98 Å². The minimum atomic E-state index is 0.244. The second kappa shape index (κ2) is 6.30. The molecule has 1 aliphatic rings. The molecule has 1 unspecified atom stereocenters. The van der Waals surface area contributed by atoms with E-state index in [1.807, 2.05) is 19.1 Å². The maximum Gasteiger partial charge on any atom is 0.139 e. The minimum absolute atomic E-state index is 0.244. The first-order valence-electron chi connectivity index (χ1n) is 6.78. The van der Waals surface area contributed by atoms with Crippen molar-refractivity contribution in [1.82, 2.24) is 4.98 Å². The SMILES string of the molecule is Cc1ccc(C(N)=S)c(N2CCCC2CCCO)n1. The number of aliphatic hydroxyl groups is 1. The number of hydrogen-bond acceptors (Lipinski definition) is 4. The third-order valence-electron chi connectivity index (χ3n) is 3.62. The number of nitrogens with zero attached hydrogens (tertiary/aromatic N) is 2. The zero-order valence-corrected chi connectivity index (χ0v) is 12.1. The van der Waals surface area contributed by atoms with E-state index in [1.54, 1.807) is 0 Å². The fourth-order valence-electron chi connectivity index (χ4n) is 2.70. The quantitative estimate of drug-likeness (QED) is 0.804. The molecule has 2 heterocycles. The fourth-order valence-corrected chi connectivity index (χ4v) is 2.86. The summed E-state index contributed by atoms with van der Waals surface area (Å²) in [4.78, 5) is 7.33. The van der Waals surface area contributed by atoms with E-state index >= 15 is 0 Å². The minimum Gasteiger partial charge on any atom is -0.396 e. The van der Waals surface area contributed by atoms with Crippen molar-refractivity contribution in [3.63, 3.8) is 0 Å². The van der Waals surface area contributed by atoms with Gasteiger partial charge in [0.25, 0.3) is 0 Å². The van der Waals surface area contributed by atoms with Crippen molar-refractivity contribution in [3.8, 4) is 0 Å². The first kappa shape index (κ1) is 14.2. The molecule has 0 bridgehead atoms. The molecule has 0 saturated carbocycles. The molecule has 0 amide bonds. The number of thiocarbonyl (C=S) groups is 1. The third-order valence-corrected chi connectivity index (χ3v) is 3.84. The van der Waals surface area contributed by atoms with Crippen molar-refractivity contribution < 1.29 is 5.11 Å². The number of aromatic nitrogens is 1. The van der Waals surface area contributed by atoms with Crippen LogP contribution in [-0.2, 0) is 0 Å². The predicted molar refractivity (Wildman–Crippen MR) is 81.5 cm³/mol. The van der Waals surface area contributed by atoms with Crippen LogP contribution in [0.15, 0.2) is 12.1 Å². The molecule has 1 aliphatic heterocycles. The second-order valence-corrected chi connectivity index (χ2v) is 5.48. The highest BCUT2D eigenvalue weighted by atomic mass is 32.1. The maximum absolute atomic E-state index is 9.00. The van der Waals surface area contributed by atoms with E-state index < -0.39 is 0 Å². The van der Waals surface area contributed by atoms with Gasteiger partial charge in [0.2, 0.25) is 0 Å². The molecule has 104 valence electrons. The van der Waals surface area contributed by atoms with Gasteiger partial charge in [-0.3, -0.25) is 0 Å². The van der Waals surface area contributed by atoms with Crippen LogP contribution in [0.4, 0.5) is 5.82 Å². The second-order valence-electron chi connectivity index (χ2n) is 5.04. The molecule has 1 fully saturated rings. The van der Waals surface area contributed by atoms with Gasteiger partial charge in [-0.2, -0.15) is 0 Å². The van der Waals surface area contributed by atoms with Gasteiger partial charge in [-0.1, -0.05) is 12.2 Å². The number of aryl methyl sites for hydroxylation is 1. The number of hydrogen-bond donors (Lipinski definition) is 2. The Morgan fingerprint density at radius 1 is 1.58 bits per heavy atom. The van der Waals surface area contributed by atoms with Gasteiger partial charge in [-0.05, 0) is 44.7 Å². The van der Waals surface area contributed by atoms with Crippen LogP contribution in [-0.4, -0.2) is 34.3 Å². The third kappa shape index (κ3) is 3.22. The van der Waals surface area contributed by atoms with E-state index in [4.69, 9.17) is 23.1 Å². The monoisotopic (exact) mass is 279 g/mol. The molecule has 1 atom stereocenters. The van der Waals surface area contributed by atoms with Crippen molar-refractivity contribution in [1.29, 1.82) is 0 Å². The molecule has 0 spiro atoms. The summed E-state index contributed by atoms with van der Waals surface area (Å²) in [6.45, 7) is 3.21. The Morgan fingerprint density at radius 3 is 3.05 bits per heavy atom. The Kier molecular flexibility index (Phi) is 4.71. The van der Waals surface area contributed by atoms with Crippen molar-refractivity contribution in [3.05, 3.63) is 23.4 Å². The Hall–Kier alpha value is -1.20. The first-order valence-corrected chi connectivity index (χ1v) is 7.19. The Balaban J connectivity index is 2.28. The summed E-state index contributed by atoms with van der Waals surface area (Å²) in [5.41, 5.74) is 7.64. The first-order chi connectivity index (χ1) is 9.13. The van der Waals surface area contributed by atoms with E-state index in [-0.39, 0.29) is 6.61 Å². The molecule has 5 heteroatoms. The van der Waals surface area contributed by atoms with Gasteiger partial charge in [0.05, 0.1) is 5.56 Å². The van der Waals surface area contributed by atoms with Gasteiger partial charge < -0.3 is 15.7 Å². The standard InChI is InChI=1S/C14H21N3OS/c1-10-6-7-12(13(15)19)14(16-10)17-8-2-4-11(17)5-3-9-18/h6-7,11,18H,2-5,8-9H2,1H3,(H2,15,19). The highest BCUT2D eigenvalue weighted by Crippen LogP contribution is 2.29. The van der Waals surface area contributed by atoms with E-state index in [9.17, 15) is 0 Å². The van der Waals surface area contributed by atoms with Gasteiger partial charge in [-0.15, -0.1) is 0 Å². The van der Waals surface area contributed by atoms with Gasteiger partial charge in [0.1, 0.15) is 10.8 Å². The number of rotatable bonds is 5. The number of nitrogens with two attached hydrogens (primary N) is 1. The normalized spacial score (nSPS) is 18.8. The van der Waals surface area contributed by atoms with Crippen LogP contribution >= 0.6 is 12.2 Å². The van der Waals surface area contributed by atoms with E-state index in [1.165, 1.54) is 0 Å². The highest BCUT2D eigenvalue weighted by Gasteiger charge is 2.27. The molecular weight excluding hydrogens is 258 g/mol. The maximum atomic E-state index is 9.00. The smallest absolute Gasteiger partial charge is 0.139 e. The molecule has 1 saturated heterocycles. The largest absolute Gasteiger partial charge is 0.396 e. The fraction of sp³-hybridized carbons (Fsp3) is 0.571. The summed E-state index contributed by atoms with van der Waals surface area (Å²) in [6, 6.07) is 4.34. The lowest BCUT2D eigenvalue weighted by atomic mass is 10.1. The zero-order valence-electron chi connectivity index (χ0n) is 11.3. The lowest BCUT2D eigenvalue weighted by Crippen LogP contribution is -2.32. The van der Waals surface area contributed by atoms with Gasteiger partial charge in [0.15, 0.2) is 0 Å². The molecule has 4 nitrogen and oxygen atoms in total. The van der Waals surface area contributed by atoms with Crippen LogP contribution in [0.3, 0.4) is 0 Å². The van der Waals surface area contributed by atoms with E-state index in [0.717, 1.165) is 49.3 Å². The van der Waals surface area contributed by atoms with Crippen LogP contribution < -0.4 is 10.6 Å². The number of aliphatic hydroxyl groups excluding tert-OH is 1. The van der Waals surface area contributed by atoms with Crippen LogP contribution in [0.5, 0.6) is 0 Å². The van der Waals surface area contributed by atoms with Crippen molar-refractivity contribution in [2.45, 2.75) is 38.6 Å². The number of anilines is 1. The lowest BCUT2D eigenvalue weighted by Gasteiger charge is -2.27. The molecule has 3 N–H and O–H groups in total. The van der Waals surface area contributed by atoms with E-state index in [0.29, 0.717) is 11.0 Å². The summed E-state index contributed by atoms with van der Waals surface area (Å²) < 4.78 is 0. The topological polar surface area (TPSA) is 62.4 Å². The van der Waals surface area contributed by atoms with Crippen LogP contribution in [0.2, 0.25) is 0 Å². The molecule has 0 radical (unpaired) electrons. The Morgan fingerprint density at radius 2 is 2.37 bits per heavy atom. The molecule has 0 aliphatic carbocycles. The Bertz CT molecular complexity index is 464. The highest BCUT2D eigenvalue weighted by molar-refractivity contribution is 7.80. The zero-order chi connectivity index (χ0) is 13.8. The van der Waals surface area contributed by atoms with Crippen molar-refractivity contribution in [2.75, 3.05) is 18.1 Å². The molecule has 1 aromatic rings. The number of pyridine rings is 1. The molecule has 2 rings (SSSR count). The summed E-state index contributed by atoms with van der Waals surface area (Å²) in [5, 5.41) is 9.00. The average Bonchev–Trinajstić information content (AvgIpc) is 2.83. The molecule has 1 aromatic heterocycles.